The van der Waals surface area contributed by atoms with Crippen LogP contribution in [-0.4, -0.2) is 36.3 Å². The third-order valence-corrected chi connectivity index (χ3v) is 5.79. The SMILES string of the molecule is Cc1ccc2c(C)cc(NC3COC4(CCNCC4)C3)nc2c1C. The number of aromatic nitrogens is 1. The van der Waals surface area contributed by atoms with Crippen LogP contribution in [0.2, 0.25) is 0 Å². The fourth-order valence-electron chi connectivity index (χ4n) is 4.15. The maximum absolute atomic E-state index is 6.20. The molecule has 2 aromatic rings. The summed E-state index contributed by atoms with van der Waals surface area (Å²) in [6, 6.07) is 6.90. The topological polar surface area (TPSA) is 46.2 Å². The smallest absolute Gasteiger partial charge is 0.127 e. The highest BCUT2D eigenvalue weighted by atomic mass is 16.5. The molecule has 3 heterocycles. The highest BCUT2D eigenvalue weighted by Crippen LogP contribution is 2.35. The minimum atomic E-state index is 0.0846. The van der Waals surface area contributed by atoms with E-state index in [9.17, 15) is 0 Å². The zero-order valence-electron chi connectivity index (χ0n) is 14.9. The number of nitrogens with zero attached hydrogens (tertiary/aromatic N) is 1. The lowest BCUT2D eigenvalue weighted by Crippen LogP contribution is -2.41. The van der Waals surface area contributed by atoms with Crippen LogP contribution in [-0.2, 0) is 4.74 Å². The second kappa shape index (κ2) is 6.01. The Hall–Kier alpha value is -1.65. The van der Waals surface area contributed by atoms with Gasteiger partial charge in [0.2, 0.25) is 0 Å². The van der Waals surface area contributed by atoms with Gasteiger partial charge in [0, 0.05) is 5.39 Å². The molecule has 1 spiro atoms. The van der Waals surface area contributed by atoms with Crippen molar-refractivity contribution < 1.29 is 4.74 Å². The van der Waals surface area contributed by atoms with Gasteiger partial charge in [-0.1, -0.05) is 12.1 Å². The van der Waals surface area contributed by atoms with Crippen molar-refractivity contribution in [2.45, 2.75) is 51.7 Å². The van der Waals surface area contributed by atoms with E-state index in [4.69, 9.17) is 9.72 Å². The molecule has 128 valence electrons. The van der Waals surface area contributed by atoms with Crippen molar-refractivity contribution >= 4 is 16.7 Å². The quantitative estimate of drug-likeness (QED) is 0.887. The molecule has 24 heavy (non-hydrogen) atoms. The molecule has 1 unspecified atom stereocenters. The Morgan fingerprint density at radius 2 is 1.96 bits per heavy atom. The van der Waals surface area contributed by atoms with Crippen molar-refractivity contribution in [2.75, 3.05) is 25.0 Å². The fourth-order valence-corrected chi connectivity index (χ4v) is 4.15. The van der Waals surface area contributed by atoms with Gasteiger partial charge in [-0.3, -0.25) is 0 Å². The van der Waals surface area contributed by atoms with Crippen LogP contribution in [0.5, 0.6) is 0 Å². The number of fused-ring (bicyclic) bond motifs is 1. The normalized spacial score (nSPS) is 23.0. The monoisotopic (exact) mass is 325 g/mol. The Morgan fingerprint density at radius 3 is 2.75 bits per heavy atom. The van der Waals surface area contributed by atoms with Crippen LogP contribution in [0.3, 0.4) is 0 Å². The van der Waals surface area contributed by atoms with Gasteiger partial charge in [-0.15, -0.1) is 0 Å². The standard InChI is InChI=1S/C20H27N3O/c1-13-4-5-17-14(2)10-18(23-19(17)15(13)3)22-16-11-20(24-12-16)6-8-21-9-7-20/h4-5,10,16,21H,6-9,11-12H2,1-3H3,(H,22,23). The molecule has 1 atom stereocenters. The van der Waals surface area contributed by atoms with E-state index in [0.717, 1.165) is 50.3 Å². The molecule has 1 aromatic carbocycles. The lowest BCUT2D eigenvalue weighted by Gasteiger charge is -2.32. The molecule has 2 N–H and O–H groups in total. The second-order valence-corrected chi connectivity index (χ2v) is 7.52. The molecule has 4 nitrogen and oxygen atoms in total. The van der Waals surface area contributed by atoms with Gasteiger partial charge in [-0.2, -0.15) is 0 Å². The van der Waals surface area contributed by atoms with Crippen LogP contribution in [0.25, 0.3) is 10.9 Å². The molecule has 0 saturated carbocycles. The molecular formula is C20H27N3O. The Kier molecular flexibility index (Phi) is 3.97. The van der Waals surface area contributed by atoms with E-state index in [-0.39, 0.29) is 5.60 Å². The molecule has 1 aromatic heterocycles. The average molecular weight is 325 g/mol. The third-order valence-electron chi connectivity index (χ3n) is 5.79. The lowest BCUT2D eigenvalue weighted by atomic mass is 9.88. The first kappa shape index (κ1) is 15.9. The number of aryl methyl sites for hydroxylation is 3. The summed E-state index contributed by atoms with van der Waals surface area (Å²) in [4.78, 5) is 4.91. The zero-order valence-corrected chi connectivity index (χ0v) is 14.9. The summed E-state index contributed by atoms with van der Waals surface area (Å²) in [6.45, 7) is 9.40. The predicted molar refractivity (Wildman–Crippen MR) is 98.8 cm³/mol. The second-order valence-electron chi connectivity index (χ2n) is 7.52. The average Bonchev–Trinajstić information content (AvgIpc) is 2.94. The minimum Gasteiger partial charge on any atom is -0.373 e. The predicted octanol–water partition coefficient (Wildman–Crippen LogP) is 3.48. The first-order valence-electron chi connectivity index (χ1n) is 9.05. The summed E-state index contributed by atoms with van der Waals surface area (Å²) < 4.78 is 6.20. The van der Waals surface area contributed by atoms with Gasteiger partial charge in [0.1, 0.15) is 5.82 Å². The van der Waals surface area contributed by atoms with Gasteiger partial charge in [0.15, 0.2) is 0 Å². The number of anilines is 1. The summed E-state index contributed by atoms with van der Waals surface area (Å²) in [7, 11) is 0. The number of ether oxygens (including phenoxy) is 1. The molecule has 2 aliphatic heterocycles. The van der Waals surface area contributed by atoms with Crippen LogP contribution in [0.15, 0.2) is 18.2 Å². The number of nitrogens with one attached hydrogen (secondary N) is 2. The number of rotatable bonds is 2. The summed E-state index contributed by atoms with van der Waals surface area (Å²) in [5.41, 5.74) is 5.05. The van der Waals surface area contributed by atoms with E-state index in [1.54, 1.807) is 0 Å². The summed E-state index contributed by atoms with van der Waals surface area (Å²) >= 11 is 0. The molecule has 2 aliphatic rings. The van der Waals surface area contributed by atoms with E-state index >= 15 is 0 Å². The number of hydrogen-bond acceptors (Lipinski definition) is 4. The molecule has 2 fully saturated rings. The zero-order chi connectivity index (χ0) is 16.7. The molecule has 4 heteroatoms. The summed E-state index contributed by atoms with van der Waals surface area (Å²) in [5.74, 6) is 0.980. The Balaban J connectivity index is 1.58. The van der Waals surface area contributed by atoms with Crippen molar-refractivity contribution in [1.29, 1.82) is 0 Å². The number of pyridine rings is 1. The largest absolute Gasteiger partial charge is 0.373 e. The van der Waals surface area contributed by atoms with Crippen molar-refractivity contribution in [2.24, 2.45) is 0 Å². The Labute approximate surface area is 144 Å². The van der Waals surface area contributed by atoms with E-state index in [1.165, 1.54) is 22.1 Å². The van der Waals surface area contributed by atoms with Gasteiger partial charge < -0.3 is 15.4 Å². The van der Waals surface area contributed by atoms with E-state index in [0.29, 0.717) is 6.04 Å². The van der Waals surface area contributed by atoms with E-state index < -0.39 is 0 Å². The number of benzene rings is 1. The lowest BCUT2D eigenvalue weighted by molar-refractivity contribution is -0.0192. The van der Waals surface area contributed by atoms with Crippen LogP contribution >= 0.6 is 0 Å². The van der Waals surface area contributed by atoms with Crippen molar-refractivity contribution in [1.82, 2.24) is 10.3 Å². The number of piperidine rings is 1. The third kappa shape index (κ3) is 2.78. The van der Waals surface area contributed by atoms with Crippen LogP contribution < -0.4 is 10.6 Å². The Morgan fingerprint density at radius 1 is 1.17 bits per heavy atom. The Bertz CT molecular complexity index is 765. The van der Waals surface area contributed by atoms with Crippen LogP contribution in [0.4, 0.5) is 5.82 Å². The highest BCUT2D eigenvalue weighted by Gasteiger charge is 2.41. The molecule has 4 rings (SSSR count). The van der Waals surface area contributed by atoms with Crippen molar-refractivity contribution in [3.8, 4) is 0 Å². The van der Waals surface area contributed by atoms with E-state index in [1.807, 2.05) is 0 Å². The van der Waals surface area contributed by atoms with Gasteiger partial charge in [-0.05, 0) is 75.9 Å². The maximum atomic E-state index is 6.20. The van der Waals surface area contributed by atoms with Crippen molar-refractivity contribution in [3.63, 3.8) is 0 Å². The van der Waals surface area contributed by atoms with Gasteiger partial charge in [-0.25, -0.2) is 4.98 Å². The maximum Gasteiger partial charge on any atom is 0.127 e. The molecule has 0 aliphatic carbocycles. The van der Waals surface area contributed by atoms with E-state index in [2.05, 4.69) is 49.6 Å². The molecule has 2 saturated heterocycles. The van der Waals surface area contributed by atoms with Gasteiger partial charge >= 0.3 is 0 Å². The fraction of sp³-hybridized carbons (Fsp3) is 0.550. The molecular weight excluding hydrogens is 298 g/mol. The summed E-state index contributed by atoms with van der Waals surface area (Å²) in [6.07, 6.45) is 3.32. The number of hydrogen-bond donors (Lipinski definition) is 2. The minimum absolute atomic E-state index is 0.0846. The molecule has 0 radical (unpaired) electrons. The highest BCUT2D eigenvalue weighted by molar-refractivity contribution is 5.87. The first-order valence-corrected chi connectivity index (χ1v) is 9.05. The van der Waals surface area contributed by atoms with Gasteiger partial charge in [0.05, 0.1) is 23.8 Å². The summed E-state index contributed by atoms with van der Waals surface area (Å²) in [5, 5.41) is 8.31. The van der Waals surface area contributed by atoms with Crippen LogP contribution in [0, 0.1) is 20.8 Å². The molecule has 0 bridgehead atoms. The van der Waals surface area contributed by atoms with Crippen LogP contribution in [0.1, 0.15) is 36.0 Å². The first-order chi connectivity index (χ1) is 11.6. The molecule has 0 amide bonds. The van der Waals surface area contributed by atoms with Gasteiger partial charge in [0.25, 0.3) is 0 Å². The van der Waals surface area contributed by atoms with Crippen molar-refractivity contribution in [3.05, 3.63) is 34.9 Å².